The molecule has 0 radical (unpaired) electrons. The summed E-state index contributed by atoms with van der Waals surface area (Å²) >= 11 is 2.99. The maximum absolute atomic E-state index is 13.3. The van der Waals surface area contributed by atoms with Crippen LogP contribution in [0.4, 0.5) is 4.39 Å². The van der Waals surface area contributed by atoms with Crippen molar-refractivity contribution in [2.45, 2.75) is 12.7 Å². The lowest BCUT2D eigenvalue weighted by molar-refractivity contribution is -0.141. The Balaban J connectivity index is 2.83. The minimum Gasteiger partial charge on any atom is -0.481 e. The van der Waals surface area contributed by atoms with Gasteiger partial charge in [0.05, 0.1) is 16.1 Å². The fourth-order valence-corrected chi connectivity index (χ4v) is 3.05. The highest BCUT2D eigenvalue weighted by atomic mass is 79.9. The van der Waals surface area contributed by atoms with E-state index in [4.69, 9.17) is 5.11 Å². The maximum Gasteiger partial charge on any atom is 0.307 e. The smallest absolute Gasteiger partial charge is 0.307 e. The van der Waals surface area contributed by atoms with E-state index in [2.05, 4.69) is 15.9 Å². The van der Waals surface area contributed by atoms with E-state index in [0.717, 1.165) is 10.4 Å². The summed E-state index contributed by atoms with van der Waals surface area (Å²) in [5.74, 6) is -2.79. The van der Waals surface area contributed by atoms with E-state index in [1.807, 2.05) is 0 Å². The fourth-order valence-electron chi connectivity index (χ4n) is 1.53. The van der Waals surface area contributed by atoms with Crippen LogP contribution in [0.1, 0.15) is 12.5 Å². The summed E-state index contributed by atoms with van der Waals surface area (Å²) in [4.78, 5) is 10.7. The highest BCUT2D eigenvalue weighted by Crippen LogP contribution is 2.19. The number of aliphatic carboxylic acids is 1. The maximum atomic E-state index is 13.3. The summed E-state index contributed by atoms with van der Waals surface area (Å²) in [6.45, 7) is 1.30. The van der Waals surface area contributed by atoms with E-state index in [0.29, 0.717) is 5.56 Å². The van der Waals surface area contributed by atoms with Crippen molar-refractivity contribution in [2.24, 2.45) is 5.92 Å². The van der Waals surface area contributed by atoms with Crippen molar-refractivity contribution >= 4 is 31.9 Å². The second-order valence-electron chi connectivity index (χ2n) is 4.52. The third kappa shape index (κ3) is 4.53. The monoisotopic (exact) mass is 367 g/mol. The first-order valence-electron chi connectivity index (χ1n) is 5.74. The summed E-state index contributed by atoms with van der Waals surface area (Å²) < 4.78 is 38.7. The number of carboxylic acid groups (broad SMARTS) is 1. The second kappa shape index (κ2) is 6.64. The minimum atomic E-state index is -3.68. The molecular formula is C12H15BrFNO4S. The highest BCUT2D eigenvalue weighted by molar-refractivity contribution is 9.10. The third-order valence-corrected chi connectivity index (χ3v) is 5.20. The largest absolute Gasteiger partial charge is 0.481 e. The number of benzene rings is 1. The predicted octanol–water partition coefficient (Wildman–Crippen LogP) is 2.07. The fraction of sp³-hybridized carbons (Fsp3) is 0.417. The lowest BCUT2D eigenvalue weighted by Gasteiger charge is -2.19. The number of hydrogen-bond donors (Lipinski definition) is 1. The molecule has 1 atom stereocenters. The number of nitrogens with zero attached hydrogens (tertiary/aromatic N) is 1. The first-order valence-corrected chi connectivity index (χ1v) is 8.14. The standard InChI is InChI=1S/C12H15BrFNO4S/c1-8(12(16)17)6-15(2)20(18,19)7-9-3-4-10(13)11(14)5-9/h3-5,8H,6-7H2,1-2H3,(H,16,17). The molecule has 0 fully saturated rings. The van der Waals surface area contributed by atoms with Crippen LogP contribution in [0.2, 0.25) is 0 Å². The highest BCUT2D eigenvalue weighted by Gasteiger charge is 2.23. The normalized spacial score (nSPS) is 13.4. The molecule has 0 aliphatic carbocycles. The molecule has 1 unspecified atom stereocenters. The Hall–Kier alpha value is -0.990. The molecule has 20 heavy (non-hydrogen) atoms. The lowest BCUT2D eigenvalue weighted by Crippen LogP contribution is -2.34. The van der Waals surface area contributed by atoms with Crippen LogP contribution in [0.3, 0.4) is 0 Å². The molecule has 1 aromatic carbocycles. The minimum absolute atomic E-state index is 0.128. The topological polar surface area (TPSA) is 74.7 Å². The average molecular weight is 368 g/mol. The second-order valence-corrected chi connectivity index (χ2v) is 7.45. The van der Waals surface area contributed by atoms with Crippen molar-refractivity contribution in [2.75, 3.05) is 13.6 Å². The Bertz CT molecular complexity index is 605. The van der Waals surface area contributed by atoms with Crippen LogP contribution in [-0.4, -0.2) is 37.4 Å². The number of rotatable bonds is 6. The van der Waals surface area contributed by atoms with E-state index < -0.39 is 27.7 Å². The molecule has 112 valence electrons. The third-order valence-electron chi connectivity index (χ3n) is 2.76. The molecule has 0 heterocycles. The van der Waals surface area contributed by atoms with Crippen LogP contribution in [0.15, 0.2) is 22.7 Å². The van der Waals surface area contributed by atoms with Gasteiger partial charge in [0, 0.05) is 13.6 Å². The van der Waals surface area contributed by atoms with Crippen molar-refractivity contribution in [3.63, 3.8) is 0 Å². The van der Waals surface area contributed by atoms with Crippen LogP contribution in [0, 0.1) is 11.7 Å². The molecule has 0 aliphatic rings. The van der Waals surface area contributed by atoms with Crippen molar-refractivity contribution in [1.82, 2.24) is 4.31 Å². The Labute approximate surface area is 125 Å². The summed E-state index contributed by atoms with van der Waals surface area (Å²) in [7, 11) is -2.37. The van der Waals surface area contributed by atoms with Crippen molar-refractivity contribution < 1.29 is 22.7 Å². The van der Waals surface area contributed by atoms with Gasteiger partial charge in [0.2, 0.25) is 10.0 Å². The van der Waals surface area contributed by atoms with Crippen LogP contribution in [0.5, 0.6) is 0 Å². The molecule has 0 saturated carbocycles. The van der Waals surface area contributed by atoms with E-state index in [9.17, 15) is 17.6 Å². The Kier molecular flexibility index (Phi) is 5.67. The summed E-state index contributed by atoms with van der Waals surface area (Å²) in [6, 6.07) is 4.06. The molecule has 0 spiro atoms. The number of sulfonamides is 1. The van der Waals surface area contributed by atoms with Gasteiger partial charge in [-0.3, -0.25) is 4.79 Å². The van der Waals surface area contributed by atoms with Gasteiger partial charge in [0.15, 0.2) is 0 Å². The molecule has 0 bridgehead atoms. The van der Waals surface area contributed by atoms with Crippen LogP contribution in [-0.2, 0) is 20.6 Å². The van der Waals surface area contributed by atoms with Gasteiger partial charge in [-0.25, -0.2) is 17.1 Å². The molecule has 0 amide bonds. The Morgan fingerprint density at radius 2 is 2.10 bits per heavy atom. The van der Waals surface area contributed by atoms with Gasteiger partial charge in [-0.1, -0.05) is 13.0 Å². The van der Waals surface area contributed by atoms with Gasteiger partial charge >= 0.3 is 5.97 Å². The van der Waals surface area contributed by atoms with Crippen LogP contribution >= 0.6 is 15.9 Å². The zero-order valence-electron chi connectivity index (χ0n) is 11.0. The summed E-state index contributed by atoms with van der Waals surface area (Å²) in [5, 5.41) is 8.78. The molecule has 5 nitrogen and oxygen atoms in total. The zero-order valence-corrected chi connectivity index (χ0v) is 13.4. The average Bonchev–Trinajstić information content (AvgIpc) is 2.33. The van der Waals surface area contributed by atoms with Gasteiger partial charge in [0.25, 0.3) is 0 Å². The molecule has 1 rings (SSSR count). The molecule has 1 N–H and O–H groups in total. The predicted molar refractivity (Wildman–Crippen MR) is 76.2 cm³/mol. The van der Waals surface area contributed by atoms with Crippen molar-refractivity contribution in [1.29, 1.82) is 0 Å². The Morgan fingerprint density at radius 3 is 2.60 bits per heavy atom. The molecule has 0 aromatic heterocycles. The van der Waals surface area contributed by atoms with Crippen LogP contribution < -0.4 is 0 Å². The first kappa shape index (κ1) is 17.1. The molecule has 1 aromatic rings. The van der Waals surface area contributed by atoms with Crippen LogP contribution in [0.25, 0.3) is 0 Å². The van der Waals surface area contributed by atoms with Crippen molar-refractivity contribution in [3.05, 3.63) is 34.1 Å². The van der Waals surface area contributed by atoms with Crippen molar-refractivity contribution in [3.8, 4) is 0 Å². The van der Waals surface area contributed by atoms with Gasteiger partial charge in [-0.15, -0.1) is 0 Å². The van der Waals surface area contributed by atoms with E-state index in [-0.39, 0.29) is 16.8 Å². The van der Waals surface area contributed by atoms with Gasteiger partial charge in [-0.05, 0) is 33.6 Å². The van der Waals surface area contributed by atoms with Gasteiger partial charge < -0.3 is 5.11 Å². The molecule has 0 saturated heterocycles. The SMILES string of the molecule is CC(CN(C)S(=O)(=O)Cc1ccc(Br)c(F)c1)C(=O)O. The first-order chi connectivity index (χ1) is 9.13. The summed E-state index contributed by atoms with van der Waals surface area (Å²) in [6.07, 6.45) is 0. The molecule has 0 aliphatic heterocycles. The number of hydrogen-bond acceptors (Lipinski definition) is 3. The quantitative estimate of drug-likeness (QED) is 0.834. The number of halogens is 2. The summed E-state index contributed by atoms with van der Waals surface area (Å²) in [5.41, 5.74) is 0.306. The van der Waals surface area contributed by atoms with E-state index in [1.165, 1.54) is 26.1 Å². The number of carbonyl (C=O) groups is 1. The zero-order chi connectivity index (χ0) is 15.5. The Morgan fingerprint density at radius 1 is 1.50 bits per heavy atom. The van der Waals surface area contributed by atoms with E-state index in [1.54, 1.807) is 0 Å². The van der Waals surface area contributed by atoms with Gasteiger partial charge in [-0.2, -0.15) is 0 Å². The number of carboxylic acids is 1. The van der Waals surface area contributed by atoms with E-state index >= 15 is 0 Å². The van der Waals surface area contributed by atoms with Gasteiger partial charge in [0.1, 0.15) is 5.82 Å². The molecule has 8 heteroatoms. The lowest BCUT2D eigenvalue weighted by atomic mass is 10.2. The molecular weight excluding hydrogens is 353 g/mol.